The van der Waals surface area contributed by atoms with Crippen LogP contribution in [0.5, 0.6) is 0 Å². The molecule has 1 rings (SSSR count). The maximum absolute atomic E-state index is 13.2. The highest BCUT2D eigenvalue weighted by Crippen LogP contribution is 2.13. The molecule has 0 aromatic heterocycles. The molecule has 116 valence electrons. The number of ether oxygens (including phenoxy) is 2. The van der Waals surface area contributed by atoms with Gasteiger partial charge in [0.1, 0.15) is 5.82 Å². The Hall–Kier alpha value is -1.99. The Balaban J connectivity index is 2.88. The van der Waals surface area contributed by atoms with Crippen LogP contribution < -0.4 is 5.73 Å². The van der Waals surface area contributed by atoms with Gasteiger partial charge in [-0.2, -0.15) is 0 Å². The van der Waals surface area contributed by atoms with Gasteiger partial charge in [-0.15, -0.1) is 0 Å². The first-order valence-corrected chi connectivity index (χ1v) is 6.33. The molecule has 1 aromatic carbocycles. The molecule has 0 radical (unpaired) electrons. The first-order chi connectivity index (χ1) is 9.99. The van der Waals surface area contributed by atoms with Crippen LogP contribution in [0.3, 0.4) is 0 Å². The molecule has 1 aromatic rings. The van der Waals surface area contributed by atoms with Crippen molar-refractivity contribution in [2.45, 2.75) is 13.1 Å². The molecule has 0 aliphatic rings. The zero-order valence-electron chi connectivity index (χ0n) is 12.1. The Morgan fingerprint density at radius 3 is 2.19 bits per heavy atom. The fourth-order valence-electron chi connectivity index (χ4n) is 1.84. The van der Waals surface area contributed by atoms with Gasteiger partial charge in [0.05, 0.1) is 27.3 Å². The van der Waals surface area contributed by atoms with Gasteiger partial charge < -0.3 is 15.2 Å². The van der Waals surface area contributed by atoms with Gasteiger partial charge in [-0.3, -0.25) is 14.5 Å². The van der Waals surface area contributed by atoms with Crippen LogP contribution in [0.15, 0.2) is 18.2 Å². The Morgan fingerprint density at radius 2 is 1.71 bits per heavy atom. The van der Waals surface area contributed by atoms with Crippen molar-refractivity contribution in [1.82, 2.24) is 4.90 Å². The minimum atomic E-state index is -0.477. The Morgan fingerprint density at radius 1 is 1.14 bits per heavy atom. The van der Waals surface area contributed by atoms with Gasteiger partial charge in [-0.25, -0.2) is 4.39 Å². The van der Waals surface area contributed by atoms with Crippen molar-refractivity contribution in [3.05, 3.63) is 35.1 Å². The van der Waals surface area contributed by atoms with Crippen LogP contribution in [0.4, 0.5) is 4.39 Å². The molecule has 0 fully saturated rings. The molecule has 0 saturated carbocycles. The SMILES string of the molecule is COC(=O)CN(CC(=O)OC)Cc1ccc(F)cc1CN. The van der Waals surface area contributed by atoms with Crippen LogP contribution in [-0.4, -0.2) is 44.1 Å². The number of nitrogens with zero attached hydrogens (tertiary/aromatic N) is 1. The quantitative estimate of drug-likeness (QED) is 0.735. The van der Waals surface area contributed by atoms with E-state index in [9.17, 15) is 14.0 Å². The summed E-state index contributed by atoms with van der Waals surface area (Å²) >= 11 is 0. The predicted molar refractivity (Wildman–Crippen MR) is 73.6 cm³/mol. The lowest BCUT2D eigenvalue weighted by Crippen LogP contribution is -2.35. The number of esters is 2. The average molecular weight is 298 g/mol. The van der Waals surface area contributed by atoms with Crippen molar-refractivity contribution in [3.8, 4) is 0 Å². The summed E-state index contributed by atoms with van der Waals surface area (Å²) in [5.41, 5.74) is 6.94. The maximum Gasteiger partial charge on any atom is 0.319 e. The molecular weight excluding hydrogens is 279 g/mol. The van der Waals surface area contributed by atoms with E-state index >= 15 is 0 Å². The topological polar surface area (TPSA) is 81.9 Å². The molecule has 0 spiro atoms. The summed E-state index contributed by atoms with van der Waals surface area (Å²) in [5.74, 6) is -1.34. The van der Waals surface area contributed by atoms with Crippen LogP contribution >= 0.6 is 0 Å². The fourth-order valence-corrected chi connectivity index (χ4v) is 1.84. The first-order valence-electron chi connectivity index (χ1n) is 6.33. The highest BCUT2D eigenvalue weighted by molar-refractivity contribution is 5.74. The smallest absolute Gasteiger partial charge is 0.319 e. The molecule has 2 N–H and O–H groups in total. The predicted octanol–water partition coefficient (Wildman–Crippen LogP) is 0.432. The average Bonchev–Trinajstić information content (AvgIpc) is 2.48. The van der Waals surface area contributed by atoms with Gasteiger partial charge in [0.15, 0.2) is 0 Å². The number of carbonyl (C=O) groups is 2. The second kappa shape index (κ2) is 8.33. The number of carbonyl (C=O) groups excluding carboxylic acids is 2. The molecular formula is C14H19FN2O4. The molecule has 0 unspecified atom stereocenters. The minimum absolute atomic E-state index is 0.0764. The van der Waals surface area contributed by atoms with E-state index in [1.807, 2.05) is 0 Å². The molecule has 0 amide bonds. The standard InChI is InChI=1S/C14H19FN2O4/c1-20-13(18)8-17(9-14(19)21-2)7-10-3-4-12(15)5-11(10)6-16/h3-5H,6-9,16H2,1-2H3. The van der Waals surface area contributed by atoms with Crippen molar-refractivity contribution in [1.29, 1.82) is 0 Å². The highest BCUT2D eigenvalue weighted by atomic mass is 19.1. The fraction of sp³-hybridized carbons (Fsp3) is 0.429. The zero-order valence-corrected chi connectivity index (χ0v) is 12.1. The van der Waals surface area contributed by atoms with Crippen molar-refractivity contribution in [3.63, 3.8) is 0 Å². The summed E-state index contributed by atoms with van der Waals surface area (Å²) in [6, 6.07) is 4.23. The third-order valence-corrected chi connectivity index (χ3v) is 2.94. The molecule has 0 aliphatic heterocycles. The number of nitrogens with two attached hydrogens (primary N) is 1. The third-order valence-electron chi connectivity index (χ3n) is 2.94. The summed E-state index contributed by atoms with van der Waals surface area (Å²) < 4.78 is 22.4. The summed E-state index contributed by atoms with van der Waals surface area (Å²) in [5, 5.41) is 0. The van der Waals surface area contributed by atoms with Gasteiger partial charge in [0.2, 0.25) is 0 Å². The Labute approximate surface area is 122 Å². The van der Waals surface area contributed by atoms with Crippen molar-refractivity contribution < 1.29 is 23.5 Å². The van der Waals surface area contributed by atoms with Gasteiger partial charge >= 0.3 is 11.9 Å². The molecule has 0 bridgehead atoms. The summed E-state index contributed by atoms with van der Waals surface area (Å²) in [7, 11) is 2.53. The van der Waals surface area contributed by atoms with Crippen LogP contribution in [0.1, 0.15) is 11.1 Å². The second-order valence-corrected chi connectivity index (χ2v) is 4.41. The van der Waals surface area contributed by atoms with E-state index in [0.717, 1.165) is 5.56 Å². The van der Waals surface area contributed by atoms with Crippen LogP contribution in [0, 0.1) is 5.82 Å². The van der Waals surface area contributed by atoms with E-state index in [2.05, 4.69) is 9.47 Å². The lowest BCUT2D eigenvalue weighted by Gasteiger charge is -2.21. The summed E-state index contributed by atoms with van der Waals surface area (Å²) in [6.45, 7) is 0.272. The molecule has 21 heavy (non-hydrogen) atoms. The Kier molecular flexibility index (Phi) is 6.77. The van der Waals surface area contributed by atoms with E-state index in [0.29, 0.717) is 5.56 Å². The number of hydrogen-bond acceptors (Lipinski definition) is 6. The van der Waals surface area contributed by atoms with Crippen molar-refractivity contribution in [2.24, 2.45) is 5.73 Å². The molecule has 7 heteroatoms. The number of benzene rings is 1. The lowest BCUT2D eigenvalue weighted by atomic mass is 10.1. The van der Waals surface area contributed by atoms with Crippen molar-refractivity contribution in [2.75, 3.05) is 27.3 Å². The Bertz CT molecular complexity index is 490. The van der Waals surface area contributed by atoms with Crippen LogP contribution in [0.2, 0.25) is 0 Å². The second-order valence-electron chi connectivity index (χ2n) is 4.41. The molecule has 0 heterocycles. The van der Waals surface area contributed by atoms with E-state index in [4.69, 9.17) is 5.73 Å². The minimum Gasteiger partial charge on any atom is -0.468 e. The highest BCUT2D eigenvalue weighted by Gasteiger charge is 2.17. The van der Waals surface area contributed by atoms with Crippen LogP contribution in [0.25, 0.3) is 0 Å². The van der Waals surface area contributed by atoms with Gasteiger partial charge in [0, 0.05) is 13.1 Å². The molecule has 6 nitrogen and oxygen atoms in total. The summed E-state index contributed by atoms with van der Waals surface area (Å²) in [4.78, 5) is 24.3. The van der Waals surface area contributed by atoms with E-state index < -0.39 is 11.9 Å². The van der Waals surface area contributed by atoms with Crippen molar-refractivity contribution >= 4 is 11.9 Å². The lowest BCUT2D eigenvalue weighted by molar-refractivity contribution is -0.145. The third kappa shape index (κ3) is 5.49. The van der Waals surface area contributed by atoms with Crippen LogP contribution in [-0.2, 0) is 32.2 Å². The van der Waals surface area contributed by atoms with Gasteiger partial charge in [0.25, 0.3) is 0 Å². The first kappa shape index (κ1) is 17.1. The molecule has 0 aliphatic carbocycles. The van der Waals surface area contributed by atoms with E-state index in [1.54, 1.807) is 11.0 Å². The monoisotopic (exact) mass is 298 g/mol. The number of rotatable bonds is 7. The number of methoxy groups -OCH3 is 2. The van der Waals surface area contributed by atoms with Gasteiger partial charge in [-0.1, -0.05) is 6.07 Å². The largest absolute Gasteiger partial charge is 0.468 e. The van der Waals surface area contributed by atoms with E-state index in [1.165, 1.54) is 26.4 Å². The number of hydrogen-bond donors (Lipinski definition) is 1. The van der Waals surface area contributed by atoms with E-state index in [-0.39, 0.29) is 32.0 Å². The maximum atomic E-state index is 13.2. The molecule has 0 atom stereocenters. The van der Waals surface area contributed by atoms with Gasteiger partial charge in [-0.05, 0) is 23.3 Å². The summed E-state index contributed by atoms with van der Waals surface area (Å²) in [6.07, 6.45) is 0. The zero-order chi connectivity index (χ0) is 15.8. The number of halogens is 1. The normalized spacial score (nSPS) is 10.5. The molecule has 0 saturated heterocycles.